The second-order valence-corrected chi connectivity index (χ2v) is 5.98. The topological polar surface area (TPSA) is 72.0 Å². The number of likely N-dealkylation sites (N-methyl/N-ethyl adjacent to an activating group) is 1. The first-order valence-electron chi connectivity index (χ1n) is 7.87. The lowest BCUT2D eigenvalue weighted by Gasteiger charge is -2.30. The van der Waals surface area contributed by atoms with Crippen LogP contribution in [0.1, 0.15) is 23.6 Å². The molecule has 7 nitrogen and oxygen atoms in total. The van der Waals surface area contributed by atoms with Crippen LogP contribution in [0.2, 0.25) is 0 Å². The Labute approximate surface area is 134 Å². The Morgan fingerprint density at radius 1 is 1.30 bits per heavy atom. The summed E-state index contributed by atoms with van der Waals surface area (Å²) in [4.78, 5) is 11.4. The molecule has 1 aromatic carbocycles. The predicted molar refractivity (Wildman–Crippen MR) is 86.1 cm³/mol. The zero-order valence-corrected chi connectivity index (χ0v) is 13.4. The molecule has 0 aliphatic carbocycles. The van der Waals surface area contributed by atoms with Gasteiger partial charge < -0.3 is 14.4 Å². The molecule has 1 saturated heterocycles. The van der Waals surface area contributed by atoms with E-state index >= 15 is 0 Å². The van der Waals surface area contributed by atoms with Crippen LogP contribution in [0.15, 0.2) is 28.8 Å². The van der Waals surface area contributed by atoms with Gasteiger partial charge in [-0.05, 0) is 26.1 Å². The number of nitrogens with zero attached hydrogens (tertiary/aromatic N) is 5. The normalized spacial score (nSPS) is 19.5. The van der Waals surface area contributed by atoms with Crippen molar-refractivity contribution in [3.63, 3.8) is 0 Å². The minimum Gasteiger partial charge on any atom is -0.337 e. The molecule has 0 saturated carbocycles. The Morgan fingerprint density at radius 3 is 3.04 bits per heavy atom. The van der Waals surface area contributed by atoms with Crippen LogP contribution in [0.4, 0.5) is 0 Å². The zero-order chi connectivity index (χ0) is 15.8. The van der Waals surface area contributed by atoms with Crippen LogP contribution < -0.4 is 5.32 Å². The highest BCUT2D eigenvalue weighted by molar-refractivity contribution is 5.75. The molecule has 2 aromatic heterocycles. The van der Waals surface area contributed by atoms with Crippen LogP contribution in [0.5, 0.6) is 0 Å². The fourth-order valence-electron chi connectivity index (χ4n) is 3.09. The molecule has 1 unspecified atom stereocenters. The van der Waals surface area contributed by atoms with Crippen molar-refractivity contribution in [1.82, 2.24) is 29.9 Å². The van der Waals surface area contributed by atoms with Crippen molar-refractivity contribution in [2.45, 2.75) is 19.5 Å². The molecule has 0 spiro atoms. The third-order valence-electron chi connectivity index (χ3n) is 4.43. The van der Waals surface area contributed by atoms with Gasteiger partial charge >= 0.3 is 0 Å². The maximum absolute atomic E-state index is 5.48. The van der Waals surface area contributed by atoms with E-state index in [4.69, 9.17) is 4.52 Å². The summed E-state index contributed by atoms with van der Waals surface area (Å²) in [5.74, 6) is 2.31. The molecule has 0 radical (unpaired) electrons. The van der Waals surface area contributed by atoms with Gasteiger partial charge in [0, 0.05) is 19.6 Å². The molecule has 3 aromatic rings. The highest BCUT2D eigenvalue weighted by atomic mass is 16.5. The molecule has 7 heteroatoms. The summed E-state index contributed by atoms with van der Waals surface area (Å²) in [6.07, 6.45) is 0. The lowest BCUT2D eigenvalue weighted by Crippen LogP contribution is -2.44. The van der Waals surface area contributed by atoms with Crippen molar-refractivity contribution < 1.29 is 4.52 Å². The summed E-state index contributed by atoms with van der Waals surface area (Å²) < 4.78 is 7.59. The van der Waals surface area contributed by atoms with Gasteiger partial charge in [0.25, 0.3) is 0 Å². The largest absolute Gasteiger partial charge is 0.337 e. The number of imidazole rings is 1. The lowest BCUT2D eigenvalue weighted by atomic mass is 10.2. The molecule has 0 amide bonds. The van der Waals surface area contributed by atoms with Crippen molar-refractivity contribution in [2.75, 3.05) is 26.7 Å². The fraction of sp³-hybridized carbons (Fsp3) is 0.438. The van der Waals surface area contributed by atoms with E-state index in [-0.39, 0.29) is 6.04 Å². The van der Waals surface area contributed by atoms with Crippen LogP contribution in [0.25, 0.3) is 11.0 Å². The summed E-state index contributed by atoms with van der Waals surface area (Å²) in [6, 6.07) is 8.26. The number of nitrogens with one attached hydrogen (secondary N) is 1. The van der Waals surface area contributed by atoms with Gasteiger partial charge in [-0.15, -0.1) is 0 Å². The molecule has 120 valence electrons. The Bertz CT molecular complexity index is 823. The van der Waals surface area contributed by atoms with Gasteiger partial charge in [-0.3, -0.25) is 4.90 Å². The Kier molecular flexibility index (Phi) is 3.59. The second kappa shape index (κ2) is 5.75. The van der Waals surface area contributed by atoms with Gasteiger partial charge in [0.15, 0.2) is 5.82 Å². The van der Waals surface area contributed by atoms with Gasteiger partial charge in [-0.25, -0.2) is 4.98 Å². The molecule has 0 bridgehead atoms. The average molecular weight is 312 g/mol. The van der Waals surface area contributed by atoms with Gasteiger partial charge in [-0.2, -0.15) is 4.98 Å². The van der Waals surface area contributed by atoms with E-state index in [1.54, 1.807) is 0 Å². The molecule has 1 fully saturated rings. The van der Waals surface area contributed by atoms with Crippen LogP contribution >= 0.6 is 0 Å². The summed E-state index contributed by atoms with van der Waals surface area (Å²) in [5, 5.41) is 7.55. The van der Waals surface area contributed by atoms with E-state index in [0.717, 1.165) is 42.3 Å². The summed E-state index contributed by atoms with van der Waals surface area (Å²) in [7, 11) is 2.09. The number of para-hydroxylation sites is 2. The Morgan fingerprint density at radius 2 is 2.17 bits per heavy atom. The molecule has 3 heterocycles. The first-order valence-corrected chi connectivity index (χ1v) is 7.87. The molecule has 1 aliphatic rings. The van der Waals surface area contributed by atoms with Crippen molar-refractivity contribution in [3.05, 3.63) is 41.8 Å². The molecule has 1 N–H and O–H groups in total. The van der Waals surface area contributed by atoms with Crippen molar-refractivity contribution in [1.29, 1.82) is 0 Å². The molecule has 1 atom stereocenters. The number of piperazine rings is 1. The fourth-order valence-corrected chi connectivity index (χ4v) is 3.09. The number of fused-ring (bicyclic) bond motifs is 1. The SMILES string of the molecule is Cc1nc2ccccc2n1Cc1nc(C2CNCCN2C)no1. The predicted octanol–water partition coefficient (Wildman–Crippen LogP) is 1.35. The van der Waals surface area contributed by atoms with E-state index in [1.165, 1.54) is 0 Å². The highest BCUT2D eigenvalue weighted by Gasteiger charge is 2.25. The van der Waals surface area contributed by atoms with Gasteiger partial charge in [0.1, 0.15) is 12.4 Å². The first kappa shape index (κ1) is 14.3. The van der Waals surface area contributed by atoms with Gasteiger partial charge in [-0.1, -0.05) is 17.3 Å². The smallest absolute Gasteiger partial charge is 0.246 e. The molecular weight excluding hydrogens is 292 g/mol. The molecule has 4 rings (SSSR count). The highest BCUT2D eigenvalue weighted by Crippen LogP contribution is 2.20. The van der Waals surface area contributed by atoms with E-state index < -0.39 is 0 Å². The van der Waals surface area contributed by atoms with E-state index in [0.29, 0.717) is 12.4 Å². The number of aromatic nitrogens is 4. The standard InChI is InChI=1S/C16H20N6O/c1-11-18-12-5-3-4-6-13(12)22(11)10-15-19-16(20-23-15)14-9-17-7-8-21(14)2/h3-6,14,17H,7-10H2,1-2H3. The van der Waals surface area contributed by atoms with Gasteiger partial charge in [0.05, 0.1) is 17.1 Å². The minimum atomic E-state index is 0.168. The average Bonchev–Trinajstić information content (AvgIpc) is 3.14. The third-order valence-corrected chi connectivity index (χ3v) is 4.43. The summed E-state index contributed by atoms with van der Waals surface area (Å²) in [6.45, 7) is 5.37. The van der Waals surface area contributed by atoms with E-state index in [1.807, 2.05) is 25.1 Å². The van der Waals surface area contributed by atoms with E-state index in [2.05, 4.69) is 43.0 Å². The maximum atomic E-state index is 5.48. The maximum Gasteiger partial charge on any atom is 0.246 e. The minimum absolute atomic E-state index is 0.168. The van der Waals surface area contributed by atoms with Crippen molar-refractivity contribution in [3.8, 4) is 0 Å². The molecule has 1 aliphatic heterocycles. The van der Waals surface area contributed by atoms with Crippen LogP contribution in [0, 0.1) is 6.92 Å². The van der Waals surface area contributed by atoms with Crippen LogP contribution in [-0.2, 0) is 6.54 Å². The first-order chi connectivity index (χ1) is 11.2. The number of hydrogen-bond donors (Lipinski definition) is 1. The number of rotatable bonds is 3. The van der Waals surface area contributed by atoms with Crippen LogP contribution in [-0.4, -0.2) is 51.3 Å². The van der Waals surface area contributed by atoms with Crippen molar-refractivity contribution in [2.24, 2.45) is 0 Å². The summed E-state index contributed by atoms with van der Waals surface area (Å²) >= 11 is 0. The summed E-state index contributed by atoms with van der Waals surface area (Å²) in [5.41, 5.74) is 2.07. The quantitative estimate of drug-likeness (QED) is 0.787. The Hall–Kier alpha value is -2.25. The zero-order valence-electron chi connectivity index (χ0n) is 13.4. The van der Waals surface area contributed by atoms with Gasteiger partial charge in [0.2, 0.25) is 5.89 Å². The lowest BCUT2D eigenvalue weighted by molar-refractivity contribution is 0.190. The third kappa shape index (κ3) is 2.62. The van der Waals surface area contributed by atoms with E-state index in [9.17, 15) is 0 Å². The second-order valence-electron chi connectivity index (χ2n) is 5.98. The monoisotopic (exact) mass is 312 g/mol. The Balaban J connectivity index is 1.61. The number of benzene rings is 1. The molecule has 23 heavy (non-hydrogen) atoms. The number of hydrogen-bond acceptors (Lipinski definition) is 6. The van der Waals surface area contributed by atoms with Crippen molar-refractivity contribution >= 4 is 11.0 Å². The number of aryl methyl sites for hydroxylation is 1. The van der Waals surface area contributed by atoms with Crippen LogP contribution in [0.3, 0.4) is 0 Å². The molecular formula is C16H20N6O.